The zero-order valence-corrected chi connectivity index (χ0v) is 15.6. The van der Waals surface area contributed by atoms with Crippen LogP contribution in [0.1, 0.15) is 23.5 Å². The van der Waals surface area contributed by atoms with E-state index in [1.54, 1.807) is 26.2 Å². The van der Waals surface area contributed by atoms with Crippen molar-refractivity contribution in [3.05, 3.63) is 65.7 Å². The van der Waals surface area contributed by atoms with Crippen LogP contribution in [0.2, 0.25) is 0 Å². The third-order valence-electron chi connectivity index (χ3n) is 5.04. The van der Waals surface area contributed by atoms with Gasteiger partial charge in [-0.3, -0.25) is 9.59 Å². The quantitative estimate of drug-likeness (QED) is 0.776. The Bertz CT molecular complexity index is 850. The summed E-state index contributed by atoms with van der Waals surface area (Å²) in [6.45, 7) is -0.0551. The molecule has 2 aromatic rings. The molecule has 2 amide bonds. The molecular formula is C21H21F3N2O2. The first-order chi connectivity index (χ1) is 13.2. The average Bonchev–Trinajstić information content (AvgIpc) is 3.47. The fourth-order valence-electron chi connectivity index (χ4n) is 3.22. The Hall–Kier alpha value is -2.83. The fraction of sp³-hybridized carbons (Fsp3) is 0.333. The molecule has 2 unspecified atom stereocenters. The van der Waals surface area contributed by atoms with Gasteiger partial charge in [-0.1, -0.05) is 30.3 Å². The van der Waals surface area contributed by atoms with Crippen molar-refractivity contribution in [3.63, 3.8) is 0 Å². The van der Waals surface area contributed by atoms with Crippen LogP contribution in [0, 0.1) is 5.92 Å². The van der Waals surface area contributed by atoms with Crippen LogP contribution in [0.25, 0.3) is 0 Å². The highest BCUT2D eigenvalue weighted by molar-refractivity contribution is 5.96. The highest BCUT2D eigenvalue weighted by Crippen LogP contribution is 2.48. The van der Waals surface area contributed by atoms with E-state index in [-0.39, 0.29) is 30.2 Å². The molecule has 148 valence electrons. The molecule has 1 aliphatic rings. The van der Waals surface area contributed by atoms with E-state index in [2.05, 4.69) is 0 Å². The summed E-state index contributed by atoms with van der Waals surface area (Å²) in [5.41, 5.74) is 0.751. The lowest BCUT2D eigenvalue weighted by Crippen LogP contribution is -2.40. The molecule has 1 aliphatic carbocycles. The zero-order valence-electron chi connectivity index (χ0n) is 15.6. The van der Waals surface area contributed by atoms with Crippen LogP contribution in [0.15, 0.2) is 54.6 Å². The monoisotopic (exact) mass is 390 g/mol. The smallest absolute Gasteiger partial charge is 0.336 e. The van der Waals surface area contributed by atoms with E-state index in [1.807, 2.05) is 18.2 Å². The molecule has 1 saturated carbocycles. The van der Waals surface area contributed by atoms with Crippen molar-refractivity contribution in [2.45, 2.75) is 18.5 Å². The number of para-hydroxylation sites is 1. The molecule has 0 spiro atoms. The van der Waals surface area contributed by atoms with Gasteiger partial charge in [0.25, 0.3) is 0 Å². The van der Waals surface area contributed by atoms with Crippen LogP contribution in [-0.4, -0.2) is 37.4 Å². The van der Waals surface area contributed by atoms with Gasteiger partial charge in [-0.25, -0.2) is 0 Å². The van der Waals surface area contributed by atoms with E-state index in [4.69, 9.17) is 0 Å². The van der Waals surface area contributed by atoms with Crippen LogP contribution in [0.5, 0.6) is 0 Å². The Balaban J connectivity index is 1.57. The van der Waals surface area contributed by atoms with E-state index in [0.717, 1.165) is 17.8 Å². The summed E-state index contributed by atoms with van der Waals surface area (Å²) in [4.78, 5) is 27.9. The van der Waals surface area contributed by atoms with Crippen LogP contribution in [0.3, 0.4) is 0 Å². The number of anilines is 1. The molecule has 0 radical (unpaired) electrons. The summed E-state index contributed by atoms with van der Waals surface area (Å²) in [5, 5.41) is 0. The van der Waals surface area contributed by atoms with Gasteiger partial charge in [-0.15, -0.1) is 0 Å². The molecular weight excluding hydrogens is 369 g/mol. The van der Waals surface area contributed by atoms with Crippen molar-refractivity contribution in [3.8, 4) is 0 Å². The molecule has 0 heterocycles. The number of rotatable bonds is 5. The van der Waals surface area contributed by atoms with E-state index in [0.29, 0.717) is 12.0 Å². The maximum Gasteiger partial charge on any atom is 0.416 e. The average molecular weight is 390 g/mol. The van der Waals surface area contributed by atoms with Gasteiger partial charge in [-0.05, 0) is 42.2 Å². The van der Waals surface area contributed by atoms with Gasteiger partial charge in [0.2, 0.25) is 11.8 Å². The van der Waals surface area contributed by atoms with Crippen molar-refractivity contribution in [2.24, 2.45) is 5.92 Å². The van der Waals surface area contributed by atoms with Crippen molar-refractivity contribution in [1.82, 2.24) is 4.90 Å². The molecule has 0 aliphatic heterocycles. The summed E-state index contributed by atoms with van der Waals surface area (Å²) in [7, 11) is 3.22. The summed E-state index contributed by atoms with van der Waals surface area (Å²) in [5.74, 6) is -0.774. The van der Waals surface area contributed by atoms with E-state index in [1.165, 1.54) is 21.9 Å². The minimum absolute atomic E-state index is 0.0551. The fourth-order valence-corrected chi connectivity index (χ4v) is 3.22. The molecule has 2 atom stereocenters. The first-order valence-corrected chi connectivity index (χ1v) is 8.92. The molecule has 0 bridgehead atoms. The summed E-state index contributed by atoms with van der Waals surface area (Å²) in [6, 6.07) is 14.0. The van der Waals surface area contributed by atoms with Crippen molar-refractivity contribution < 1.29 is 22.8 Å². The Kier molecular flexibility index (Phi) is 5.45. The van der Waals surface area contributed by atoms with Crippen LogP contribution in [0.4, 0.5) is 18.9 Å². The Morgan fingerprint density at radius 3 is 2.18 bits per heavy atom. The van der Waals surface area contributed by atoms with Gasteiger partial charge in [0.1, 0.15) is 0 Å². The second-order valence-corrected chi connectivity index (χ2v) is 7.05. The molecule has 7 heteroatoms. The van der Waals surface area contributed by atoms with Crippen LogP contribution in [-0.2, 0) is 15.8 Å². The Morgan fingerprint density at radius 1 is 1.00 bits per heavy atom. The maximum atomic E-state index is 12.7. The predicted octanol–water partition coefficient (Wildman–Crippen LogP) is 3.93. The number of hydrogen-bond acceptors (Lipinski definition) is 2. The minimum Gasteiger partial charge on any atom is -0.336 e. The normalized spacial score (nSPS) is 18.5. The lowest BCUT2D eigenvalue weighted by Gasteiger charge is -2.22. The molecule has 28 heavy (non-hydrogen) atoms. The standard InChI is InChI=1S/C21H21F3N2O2/c1-25(13-19(27)26(2)16-6-4-3-5-7-16)20(28)18-12-17(18)14-8-10-15(11-9-14)21(22,23)24/h3-11,17-18H,12-13H2,1-2H3. The van der Waals surface area contributed by atoms with Crippen LogP contribution >= 0.6 is 0 Å². The Labute approximate surface area is 161 Å². The van der Waals surface area contributed by atoms with Gasteiger partial charge in [0.15, 0.2) is 0 Å². The topological polar surface area (TPSA) is 40.6 Å². The SMILES string of the molecule is CN(CC(=O)N(C)c1ccccc1)C(=O)C1CC1c1ccc(C(F)(F)F)cc1. The summed E-state index contributed by atoms with van der Waals surface area (Å²) < 4.78 is 38.0. The lowest BCUT2D eigenvalue weighted by molar-refractivity contribution is -0.137. The largest absolute Gasteiger partial charge is 0.416 e. The molecule has 4 nitrogen and oxygen atoms in total. The van der Waals surface area contributed by atoms with Gasteiger partial charge >= 0.3 is 6.18 Å². The number of alkyl halides is 3. The molecule has 0 saturated heterocycles. The number of carbonyl (C=O) groups excluding carboxylic acids is 2. The number of amides is 2. The van der Waals surface area contributed by atoms with Crippen molar-refractivity contribution in [1.29, 1.82) is 0 Å². The highest BCUT2D eigenvalue weighted by atomic mass is 19.4. The van der Waals surface area contributed by atoms with Gasteiger partial charge in [0, 0.05) is 25.7 Å². The Morgan fingerprint density at radius 2 is 1.61 bits per heavy atom. The van der Waals surface area contributed by atoms with Gasteiger partial charge in [0.05, 0.1) is 12.1 Å². The zero-order chi connectivity index (χ0) is 20.5. The van der Waals surface area contributed by atoms with E-state index in [9.17, 15) is 22.8 Å². The second kappa shape index (κ2) is 7.66. The van der Waals surface area contributed by atoms with Crippen LogP contribution < -0.4 is 4.90 Å². The van der Waals surface area contributed by atoms with Gasteiger partial charge < -0.3 is 9.80 Å². The maximum absolute atomic E-state index is 12.7. The number of likely N-dealkylation sites (N-methyl/N-ethyl adjacent to an activating group) is 2. The molecule has 2 aromatic carbocycles. The number of carbonyl (C=O) groups is 2. The lowest BCUT2D eigenvalue weighted by atomic mass is 10.1. The summed E-state index contributed by atoms with van der Waals surface area (Å²) >= 11 is 0. The van der Waals surface area contributed by atoms with Crippen molar-refractivity contribution >= 4 is 17.5 Å². The molecule has 0 N–H and O–H groups in total. The number of benzene rings is 2. The number of nitrogens with zero attached hydrogens (tertiary/aromatic N) is 2. The third kappa shape index (κ3) is 4.35. The number of hydrogen-bond donors (Lipinski definition) is 0. The highest BCUT2D eigenvalue weighted by Gasteiger charge is 2.45. The van der Waals surface area contributed by atoms with E-state index >= 15 is 0 Å². The first-order valence-electron chi connectivity index (χ1n) is 8.92. The summed E-state index contributed by atoms with van der Waals surface area (Å²) in [6.07, 6.45) is -3.79. The molecule has 3 rings (SSSR count). The van der Waals surface area contributed by atoms with Crippen molar-refractivity contribution in [2.75, 3.05) is 25.5 Å². The first kappa shape index (κ1) is 19.9. The third-order valence-corrected chi connectivity index (χ3v) is 5.04. The second-order valence-electron chi connectivity index (χ2n) is 7.05. The molecule has 0 aromatic heterocycles. The minimum atomic E-state index is -4.37. The van der Waals surface area contributed by atoms with Gasteiger partial charge in [-0.2, -0.15) is 13.2 Å². The molecule has 1 fully saturated rings. The predicted molar refractivity (Wildman–Crippen MR) is 99.8 cm³/mol. The number of halogens is 3. The van der Waals surface area contributed by atoms with E-state index < -0.39 is 11.7 Å².